The molecule has 0 radical (unpaired) electrons. The van der Waals surface area contributed by atoms with Crippen molar-refractivity contribution in [3.63, 3.8) is 0 Å². The van der Waals surface area contributed by atoms with Gasteiger partial charge in [0.15, 0.2) is 0 Å². The summed E-state index contributed by atoms with van der Waals surface area (Å²) < 4.78 is 1.89. The molecule has 8 heteroatoms. The first-order valence-electron chi connectivity index (χ1n) is 9.14. The first-order valence-corrected chi connectivity index (χ1v) is 9.14. The summed E-state index contributed by atoms with van der Waals surface area (Å²) in [4.78, 5) is 27.8. The molecule has 1 aromatic carbocycles. The van der Waals surface area contributed by atoms with Crippen LogP contribution in [0.5, 0.6) is 0 Å². The summed E-state index contributed by atoms with van der Waals surface area (Å²) >= 11 is 0. The van der Waals surface area contributed by atoms with Crippen molar-refractivity contribution in [2.45, 2.75) is 32.5 Å². The van der Waals surface area contributed by atoms with E-state index in [9.17, 15) is 4.79 Å². The molecular weight excluding hydrogens is 354 g/mol. The highest BCUT2D eigenvalue weighted by Crippen LogP contribution is 2.37. The third kappa shape index (κ3) is 3.28. The number of carbonyl (C=O) groups excluding carboxylic acids is 1. The van der Waals surface area contributed by atoms with Crippen LogP contribution in [0, 0.1) is 0 Å². The highest BCUT2D eigenvalue weighted by molar-refractivity contribution is 5.76. The molecule has 2 aromatic heterocycles. The van der Waals surface area contributed by atoms with Gasteiger partial charge < -0.3 is 20.1 Å². The highest BCUT2D eigenvalue weighted by atomic mass is 16.2. The Balaban J connectivity index is 1.49. The number of aromatic nitrogens is 4. The van der Waals surface area contributed by atoms with Gasteiger partial charge in [0.2, 0.25) is 5.95 Å². The zero-order valence-electron chi connectivity index (χ0n) is 16.2. The summed E-state index contributed by atoms with van der Waals surface area (Å²) in [5, 5.41) is 6.18. The summed E-state index contributed by atoms with van der Waals surface area (Å²) in [6, 6.07) is 9.64. The molecule has 4 rings (SSSR count). The minimum absolute atomic E-state index is 0.137. The maximum absolute atomic E-state index is 12.8. The minimum Gasteiger partial charge on any atom is -0.336 e. The van der Waals surface area contributed by atoms with E-state index in [1.165, 1.54) is 0 Å². The van der Waals surface area contributed by atoms with E-state index < -0.39 is 5.54 Å². The Morgan fingerprint density at radius 2 is 2.00 bits per heavy atom. The molecule has 1 aliphatic heterocycles. The lowest BCUT2D eigenvalue weighted by Gasteiger charge is -2.32. The number of benzene rings is 1. The average molecular weight is 377 g/mol. The second-order valence-electron chi connectivity index (χ2n) is 7.34. The Bertz CT molecular complexity index is 997. The van der Waals surface area contributed by atoms with Crippen molar-refractivity contribution < 1.29 is 4.79 Å². The van der Waals surface area contributed by atoms with Gasteiger partial charge in [-0.25, -0.2) is 19.7 Å². The Hall–Kier alpha value is -3.42. The Labute approximate surface area is 163 Å². The monoisotopic (exact) mass is 377 g/mol. The van der Waals surface area contributed by atoms with E-state index in [1.54, 1.807) is 17.4 Å². The van der Waals surface area contributed by atoms with Crippen molar-refractivity contribution in [3.05, 3.63) is 66.0 Å². The Morgan fingerprint density at radius 3 is 2.71 bits per heavy atom. The summed E-state index contributed by atoms with van der Waals surface area (Å²) in [5.74, 6) is 0.526. The smallest absolute Gasteiger partial charge is 0.318 e. The van der Waals surface area contributed by atoms with E-state index in [-0.39, 0.29) is 6.03 Å². The van der Waals surface area contributed by atoms with Crippen molar-refractivity contribution in [2.75, 3.05) is 5.32 Å². The quantitative estimate of drug-likeness (QED) is 0.730. The number of aryl methyl sites for hydroxylation is 1. The van der Waals surface area contributed by atoms with Gasteiger partial charge in [0, 0.05) is 30.7 Å². The molecule has 2 amide bonds. The van der Waals surface area contributed by atoms with Crippen LogP contribution in [0.15, 0.2) is 49.1 Å². The third-order valence-electron chi connectivity index (χ3n) is 5.12. The van der Waals surface area contributed by atoms with Crippen LogP contribution in [0.1, 0.15) is 30.8 Å². The average Bonchev–Trinajstić information content (AvgIpc) is 3.20. The first-order chi connectivity index (χ1) is 13.4. The molecule has 1 aliphatic rings. The minimum atomic E-state index is -0.489. The lowest BCUT2D eigenvalue weighted by molar-refractivity contribution is 0.144. The second kappa shape index (κ2) is 6.95. The number of imidazole rings is 1. The van der Waals surface area contributed by atoms with Crippen molar-refractivity contribution in [1.82, 2.24) is 29.7 Å². The zero-order chi connectivity index (χ0) is 19.7. The SMILES string of the molecule is Cn1cncc1CNC(=O)N1Cc2nc(Nc3ccccc3)ncc2C1(C)C. The number of urea groups is 1. The van der Waals surface area contributed by atoms with Gasteiger partial charge in [0.25, 0.3) is 0 Å². The van der Waals surface area contributed by atoms with Gasteiger partial charge in [-0.3, -0.25) is 0 Å². The predicted octanol–water partition coefficient (Wildman–Crippen LogP) is 2.91. The second-order valence-corrected chi connectivity index (χ2v) is 7.34. The number of para-hydroxylation sites is 1. The highest BCUT2D eigenvalue weighted by Gasteiger charge is 2.41. The molecule has 8 nitrogen and oxygen atoms in total. The number of nitrogens with one attached hydrogen (secondary N) is 2. The number of fused-ring (bicyclic) bond motifs is 1. The summed E-state index contributed by atoms with van der Waals surface area (Å²) in [5.41, 5.74) is 3.19. The normalized spacial score (nSPS) is 14.6. The van der Waals surface area contributed by atoms with Crippen LogP contribution in [-0.4, -0.2) is 30.5 Å². The molecule has 0 unspecified atom stereocenters. The molecule has 0 spiro atoms. The van der Waals surface area contributed by atoms with Crippen molar-refractivity contribution >= 4 is 17.7 Å². The molecule has 144 valence electrons. The topological polar surface area (TPSA) is 88.0 Å². The van der Waals surface area contributed by atoms with E-state index in [4.69, 9.17) is 0 Å². The fourth-order valence-electron chi connectivity index (χ4n) is 3.39. The number of nitrogens with zero attached hydrogens (tertiary/aromatic N) is 5. The fraction of sp³-hybridized carbons (Fsp3) is 0.300. The molecule has 28 heavy (non-hydrogen) atoms. The van der Waals surface area contributed by atoms with E-state index in [2.05, 4.69) is 25.6 Å². The molecule has 3 aromatic rings. The lowest BCUT2D eigenvalue weighted by atomic mass is 9.97. The molecule has 2 N–H and O–H groups in total. The number of rotatable bonds is 4. The van der Waals surface area contributed by atoms with E-state index in [1.807, 2.05) is 62.0 Å². The van der Waals surface area contributed by atoms with Crippen LogP contribution in [0.25, 0.3) is 0 Å². The number of anilines is 2. The van der Waals surface area contributed by atoms with Gasteiger partial charge in [-0.05, 0) is 26.0 Å². The number of carbonyl (C=O) groups is 1. The van der Waals surface area contributed by atoms with Gasteiger partial charge in [0.05, 0.1) is 36.3 Å². The van der Waals surface area contributed by atoms with Crippen LogP contribution in [0.3, 0.4) is 0 Å². The van der Waals surface area contributed by atoms with Crippen LogP contribution in [0.4, 0.5) is 16.4 Å². The van der Waals surface area contributed by atoms with Crippen LogP contribution in [-0.2, 0) is 25.7 Å². The lowest BCUT2D eigenvalue weighted by Crippen LogP contribution is -2.45. The number of hydrogen-bond acceptors (Lipinski definition) is 5. The van der Waals surface area contributed by atoms with E-state index >= 15 is 0 Å². The van der Waals surface area contributed by atoms with Gasteiger partial charge >= 0.3 is 6.03 Å². The van der Waals surface area contributed by atoms with Gasteiger partial charge in [0.1, 0.15) is 0 Å². The van der Waals surface area contributed by atoms with Gasteiger partial charge in [-0.1, -0.05) is 18.2 Å². The van der Waals surface area contributed by atoms with Crippen molar-refractivity contribution in [2.24, 2.45) is 7.05 Å². The first kappa shape index (κ1) is 18.0. The Kier molecular flexibility index (Phi) is 4.46. The molecule has 0 saturated carbocycles. The number of amides is 2. The molecule has 0 atom stereocenters. The summed E-state index contributed by atoms with van der Waals surface area (Å²) in [7, 11) is 1.90. The van der Waals surface area contributed by atoms with Gasteiger partial charge in [-0.15, -0.1) is 0 Å². The fourth-order valence-corrected chi connectivity index (χ4v) is 3.39. The molecular formula is C20H23N7O. The van der Waals surface area contributed by atoms with Gasteiger partial charge in [-0.2, -0.15) is 0 Å². The molecule has 0 aliphatic carbocycles. The zero-order valence-corrected chi connectivity index (χ0v) is 16.2. The molecule has 0 saturated heterocycles. The maximum atomic E-state index is 12.8. The standard InChI is InChI=1S/C20H23N7O/c1-20(2)16-11-22-18(24-14-7-5-4-6-8-14)25-17(16)12-27(20)19(28)23-10-15-9-21-13-26(15)3/h4-9,11,13H,10,12H2,1-3H3,(H,23,28)(H,22,24,25). The molecule has 0 fully saturated rings. The van der Waals surface area contributed by atoms with Crippen LogP contribution >= 0.6 is 0 Å². The van der Waals surface area contributed by atoms with E-state index in [0.29, 0.717) is 19.0 Å². The number of hydrogen-bond donors (Lipinski definition) is 2. The largest absolute Gasteiger partial charge is 0.336 e. The predicted molar refractivity (Wildman–Crippen MR) is 106 cm³/mol. The molecule has 3 heterocycles. The Morgan fingerprint density at radius 1 is 1.21 bits per heavy atom. The maximum Gasteiger partial charge on any atom is 0.318 e. The third-order valence-corrected chi connectivity index (χ3v) is 5.12. The van der Waals surface area contributed by atoms with Crippen LogP contribution < -0.4 is 10.6 Å². The van der Waals surface area contributed by atoms with Crippen molar-refractivity contribution in [3.8, 4) is 0 Å². The summed E-state index contributed by atoms with van der Waals surface area (Å²) in [6.07, 6.45) is 5.27. The molecule has 0 bridgehead atoms. The van der Waals surface area contributed by atoms with Crippen LogP contribution in [0.2, 0.25) is 0 Å². The van der Waals surface area contributed by atoms with E-state index in [0.717, 1.165) is 22.6 Å². The summed E-state index contributed by atoms with van der Waals surface area (Å²) in [6.45, 7) is 4.88. The van der Waals surface area contributed by atoms with Crippen molar-refractivity contribution in [1.29, 1.82) is 0 Å².